The summed E-state index contributed by atoms with van der Waals surface area (Å²) < 4.78 is 4.87. The lowest BCUT2D eigenvalue weighted by molar-refractivity contribution is 0.0822. The maximum absolute atomic E-state index is 8.18. The van der Waals surface area contributed by atoms with Crippen LogP contribution < -0.4 is 0 Å². The first-order valence-electron chi connectivity index (χ1n) is 2.47. The zero-order valence-electron chi connectivity index (χ0n) is 5.68. The molecule has 4 heteroatoms. The van der Waals surface area contributed by atoms with Crippen LogP contribution in [0.15, 0.2) is 5.16 Å². The molecule has 0 heterocycles. The Bertz CT molecular complexity index is 122. The van der Waals surface area contributed by atoms with Gasteiger partial charge in [-0.3, -0.25) is 0 Å². The minimum absolute atomic E-state index is 0.0463. The van der Waals surface area contributed by atoms with Gasteiger partial charge in [0.2, 0.25) is 0 Å². The lowest BCUT2D eigenvalue weighted by Gasteiger charge is -2.18. The summed E-state index contributed by atoms with van der Waals surface area (Å²) in [5, 5.41) is 11.0. The average Bonchev–Trinajstić information content (AvgIpc) is 1.86. The molecule has 0 rings (SSSR count). The van der Waals surface area contributed by atoms with E-state index in [-0.39, 0.29) is 5.17 Å². The summed E-state index contributed by atoms with van der Waals surface area (Å²) in [6.07, 6.45) is 0. The lowest BCUT2D eigenvalue weighted by Crippen LogP contribution is -2.29. The van der Waals surface area contributed by atoms with Crippen molar-refractivity contribution in [2.45, 2.75) is 19.4 Å². The topological polar surface area (TPSA) is 41.8 Å². The molecule has 0 aromatic rings. The van der Waals surface area contributed by atoms with Crippen molar-refractivity contribution in [2.75, 3.05) is 7.11 Å². The summed E-state index contributed by atoms with van der Waals surface area (Å²) in [6.45, 7) is 3.41. The first-order valence-corrected chi connectivity index (χ1v) is 2.85. The Kier molecular flexibility index (Phi) is 2.94. The number of oxime groups is 1. The summed E-state index contributed by atoms with van der Waals surface area (Å²) in [6, 6.07) is 0. The fraction of sp³-hybridized carbons (Fsp3) is 0.800. The van der Waals surface area contributed by atoms with Crippen molar-refractivity contribution >= 4 is 16.8 Å². The third-order valence-electron chi connectivity index (χ3n) is 1.09. The molecule has 0 spiro atoms. The molecular weight excluding hydrogens is 142 g/mol. The van der Waals surface area contributed by atoms with Gasteiger partial charge in [0.25, 0.3) is 0 Å². The van der Waals surface area contributed by atoms with Gasteiger partial charge >= 0.3 is 0 Å². The Morgan fingerprint density at radius 2 is 2.11 bits per heavy atom. The molecule has 0 aliphatic rings. The van der Waals surface area contributed by atoms with Crippen molar-refractivity contribution in [3.05, 3.63) is 0 Å². The second-order valence-electron chi connectivity index (χ2n) is 2.11. The first-order chi connectivity index (χ1) is 4.04. The zero-order valence-corrected chi connectivity index (χ0v) is 6.44. The van der Waals surface area contributed by atoms with Gasteiger partial charge < -0.3 is 9.94 Å². The highest BCUT2D eigenvalue weighted by Gasteiger charge is 2.22. The van der Waals surface area contributed by atoms with E-state index in [4.69, 9.17) is 21.5 Å². The summed E-state index contributed by atoms with van der Waals surface area (Å²) in [5.74, 6) is 0. The summed E-state index contributed by atoms with van der Waals surface area (Å²) in [5.41, 5.74) is -0.684. The van der Waals surface area contributed by atoms with E-state index in [2.05, 4.69) is 5.16 Å². The minimum atomic E-state index is -0.684. The molecule has 0 saturated heterocycles. The summed E-state index contributed by atoms with van der Waals surface area (Å²) >= 11 is 5.43. The maximum atomic E-state index is 8.18. The first kappa shape index (κ1) is 8.72. The van der Waals surface area contributed by atoms with E-state index in [1.807, 2.05) is 0 Å². The fourth-order valence-electron chi connectivity index (χ4n) is 0.205. The van der Waals surface area contributed by atoms with Crippen LogP contribution in [0.25, 0.3) is 0 Å². The number of hydrogen-bond donors (Lipinski definition) is 1. The van der Waals surface area contributed by atoms with Gasteiger partial charge in [-0.25, -0.2) is 0 Å². The Hall–Kier alpha value is -0.280. The van der Waals surface area contributed by atoms with Crippen LogP contribution in [0.3, 0.4) is 0 Å². The Labute approximate surface area is 59.3 Å². The smallest absolute Gasteiger partial charge is 0.176 e. The lowest BCUT2D eigenvalue weighted by atomic mass is 10.2. The maximum Gasteiger partial charge on any atom is 0.176 e. The number of halogens is 1. The van der Waals surface area contributed by atoms with Crippen molar-refractivity contribution in [2.24, 2.45) is 5.16 Å². The molecule has 9 heavy (non-hydrogen) atoms. The fourth-order valence-corrected chi connectivity index (χ4v) is 0.282. The van der Waals surface area contributed by atoms with E-state index >= 15 is 0 Å². The van der Waals surface area contributed by atoms with E-state index in [1.54, 1.807) is 13.8 Å². The molecule has 0 aromatic heterocycles. The van der Waals surface area contributed by atoms with Crippen molar-refractivity contribution in [3.63, 3.8) is 0 Å². The van der Waals surface area contributed by atoms with Gasteiger partial charge in [0.1, 0.15) is 5.60 Å². The molecule has 0 radical (unpaired) electrons. The van der Waals surface area contributed by atoms with E-state index < -0.39 is 5.60 Å². The molecule has 0 aromatic carbocycles. The second-order valence-corrected chi connectivity index (χ2v) is 2.46. The third kappa shape index (κ3) is 2.20. The molecule has 54 valence electrons. The van der Waals surface area contributed by atoms with E-state index in [1.165, 1.54) is 7.11 Å². The normalized spacial score (nSPS) is 14.0. The second kappa shape index (κ2) is 3.03. The van der Waals surface area contributed by atoms with Crippen molar-refractivity contribution < 1.29 is 9.94 Å². The molecule has 0 amide bonds. The molecule has 0 fully saturated rings. The molecular formula is C5H10ClNO2. The summed E-state index contributed by atoms with van der Waals surface area (Å²) in [4.78, 5) is 0. The predicted molar refractivity (Wildman–Crippen MR) is 36.2 cm³/mol. The molecule has 0 aliphatic heterocycles. The number of hydrogen-bond acceptors (Lipinski definition) is 3. The van der Waals surface area contributed by atoms with Gasteiger partial charge in [0, 0.05) is 7.11 Å². The molecule has 1 N–H and O–H groups in total. The third-order valence-corrected chi connectivity index (χ3v) is 1.63. The molecule has 3 nitrogen and oxygen atoms in total. The van der Waals surface area contributed by atoms with Gasteiger partial charge in [-0.05, 0) is 13.8 Å². The Balaban J connectivity index is 4.14. The van der Waals surface area contributed by atoms with Crippen LogP contribution in [0.4, 0.5) is 0 Å². The Morgan fingerprint density at radius 3 is 2.22 bits per heavy atom. The van der Waals surface area contributed by atoms with Crippen molar-refractivity contribution in [3.8, 4) is 0 Å². The van der Waals surface area contributed by atoms with Crippen molar-refractivity contribution in [1.29, 1.82) is 0 Å². The predicted octanol–water partition coefficient (Wildman–Crippen LogP) is 1.44. The largest absolute Gasteiger partial charge is 0.410 e. The molecule has 0 bridgehead atoms. The highest BCUT2D eigenvalue weighted by atomic mass is 35.5. The van der Waals surface area contributed by atoms with Crippen LogP contribution in [-0.2, 0) is 4.74 Å². The highest BCUT2D eigenvalue weighted by Crippen LogP contribution is 2.12. The van der Waals surface area contributed by atoms with Crippen LogP contribution >= 0.6 is 11.6 Å². The van der Waals surface area contributed by atoms with Gasteiger partial charge in [-0.1, -0.05) is 16.8 Å². The SMILES string of the molecule is COC(C)(C)C(Cl)=NO. The van der Waals surface area contributed by atoms with Gasteiger partial charge in [0.05, 0.1) is 0 Å². The number of rotatable bonds is 2. The molecule has 0 aliphatic carbocycles. The van der Waals surface area contributed by atoms with Gasteiger partial charge in [-0.15, -0.1) is 0 Å². The number of methoxy groups -OCH3 is 1. The van der Waals surface area contributed by atoms with Crippen LogP contribution in [0.2, 0.25) is 0 Å². The standard InChI is InChI=1S/C5H10ClNO2/c1-5(2,9-3)4(6)7-8/h8H,1-3H3. The molecule has 0 saturated carbocycles. The quantitative estimate of drug-likeness (QED) is 0.369. The minimum Gasteiger partial charge on any atom is -0.410 e. The zero-order chi connectivity index (χ0) is 7.49. The van der Waals surface area contributed by atoms with E-state index in [0.717, 1.165) is 0 Å². The molecule has 0 atom stereocenters. The van der Waals surface area contributed by atoms with Crippen LogP contribution in [0, 0.1) is 0 Å². The van der Waals surface area contributed by atoms with E-state index in [9.17, 15) is 0 Å². The van der Waals surface area contributed by atoms with Crippen LogP contribution in [-0.4, -0.2) is 23.1 Å². The average molecular weight is 152 g/mol. The van der Waals surface area contributed by atoms with Gasteiger partial charge in [-0.2, -0.15) is 0 Å². The monoisotopic (exact) mass is 151 g/mol. The highest BCUT2D eigenvalue weighted by molar-refractivity contribution is 6.67. The molecule has 0 unspecified atom stereocenters. The van der Waals surface area contributed by atoms with Gasteiger partial charge in [0.15, 0.2) is 5.17 Å². The number of ether oxygens (including phenoxy) is 1. The van der Waals surface area contributed by atoms with Crippen LogP contribution in [0.1, 0.15) is 13.8 Å². The number of nitrogens with zero attached hydrogens (tertiary/aromatic N) is 1. The van der Waals surface area contributed by atoms with Crippen LogP contribution in [0.5, 0.6) is 0 Å². The summed E-state index contributed by atoms with van der Waals surface area (Å²) in [7, 11) is 1.49. The Morgan fingerprint density at radius 1 is 1.67 bits per heavy atom. The van der Waals surface area contributed by atoms with E-state index in [0.29, 0.717) is 0 Å². The van der Waals surface area contributed by atoms with Crippen molar-refractivity contribution in [1.82, 2.24) is 0 Å².